The van der Waals surface area contributed by atoms with Crippen LogP contribution in [-0.2, 0) is 11.2 Å². The van der Waals surface area contributed by atoms with E-state index in [4.69, 9.17) is 0 Å². The van der Waals surface area contributed by atoms with Gasteiger partial charge in [-0.25, -0.2) is 0 Å². The van der Waals surface area contributed by atoms with E-state index < -0.39 is 0 Å². The van der Waals surface area contributed by atoms with Crippen LogP contribution in [0.15, 0.2) is 35.7 Å². The highest BCUT2D eigenvalue weighted by Crippen LogP contribution is 2.37. The first-order valence-electron chi connectivity index (χ1n) is 7.57. The fourth-order valence-corrected chi connectivity index (χ4v) is 3.16. The number of carbonyl (C=O) groups is 1. The Labute approximate surface area is 134 Å². The molecule has 1 saturated carbocycles. The molecule has 1 aliphatic rings. The van der Waals surface area contributed by atoms with Crippen molar-refractivity contribution in [3.63, 3.8) is 0 Å². The van der Waals surface area contributed by atoms with Gasteiger partial charge in [-0.15, -0.1) is 10.2 Å². The average molecular weight is 316 g/mol. The molecular formula is C16H20N4OS. The molecule has 1 aliphatic carbocycles. The highest BCUT2D eigenvalue weighted by Gasteiger charge is 2.26. The van der Waals surface area contributed by atoms with Crippen molar-refractivity contribution in [1.29, 1.82) is 0 Å². The number of hydrogen-bond acceptors (Lipinski definition) is 4. The second-order valence-corrected chi connectivity index (χ2v) is 6.51. The van der Waals surface area contributed by atoms with Gasteiger partial charge in [-0.2, -0.15) is 0 Å². The van der Waals surface area contributed by atoms with Gasteiger partial charge in [0.2, 0.25) is 5.91 Å². The summed E-state index contributed by atoms with van der Waals surface area (Å²) in [6.07, 6.45) is 5.00. The van der Waals surface area contributed by atoms with Gasteiger partial charge < -0.3 is 9.88 Å². The topological polar surface area (TPSA) is 59.8 Å². The minimum atomic E-state index is 0.0453. The minimum absolute atomic E-state index is 0.0453. The van der Waals surface area contributed by atoms with E-state index >= 15 is 0 Å². The van der Waals surface area contributed by atoms with Crippen LogP contribution in [0.2, 0.25) is 0 Å². The van der Waals surface area contributed by atoms with Crippen molar-refractivity contribution in [3.05, 3.63) is 41.7 Å². The Bertz CT molecular complexity index is 651. The van der Waals surface area contributed by atoms with Gasteiger partial charge >= 0.3 is 0 Å². The Morgan fingerprint density at radius 2 is 2.23 bits per heavy atom. The Balaban J connectivity index is 1.41. The minimum Gasteiger partial charge on any atom is -0.355 e. The number of amides is 1. The van der Waals surface area contributed by atoms with Crippen LogP contribution in [0.1, 0.15) is 30.0 Å². The number of benzene rings is 1. The van der Waals surface area contributed by atoms with E-state index in [0.717, 1.165) is 11.6 Å². The van der Waals surface area contributed by atoms with Gasteiger partial charge in [0.05, 0.1) is 5.75 Å². The van der Waals surface area contributed by atoms with E-state index in [1.54, 1.807) is 6.33 Å². The van der Waals surface area contributed by atoms with Crippen molar-refractivity contribution in [1.82, 2.24) is 20.1 Å². The molecule has 0 radical (unpaired) electrons. The number of hydrogen-bond donors (Lipinski definition) is 1. The summed E-state index contributed by atoms with van der Waals surface area (Å²) in [5.74, 6) is 0.433. The summed E-state index contributed by atoms with van der Waals surface area (Å²) in [5.41, 5.74) is 2.55. The number of aryl methyl sites for hydroxylation is 1. The highest BCUT2D eigenvalue weighted by molar-refractivity contribution is 7.99. The molecule has 5 nitrogen and oxygen atoms in total. The first-order valence-corrected chi connectivity index (χ1v) is 8.56. The average Bonchev–Trinajstić information content (AvgIpc) is 3.25. The maximum atomic E-state index is 11.9. The van der Waals surface area contributed by atoms with E-state index in [0.29, 0.717) is 18.3 Å². The molecule has 6 heteroatoms. The molecule has 1 fully saturated rings. The Morgan fingerprint density at radius 3 is 3.00 bits per heavy atom. The van der Waals surface area contributed by atoms with Gasteiger partial charge in [-0.05, 0) is 37.3 Å². The second kappa shape index (κ2) is 6.96. The first-order chi connectivity index (χ1) is 10.7. The Morgan fingerprint density at radius 1 is 1.41 bits per heavy atom. The van der Waals surface area contributed by atoms with E-state index in [1.165, 1.54) is 35.7 Å². The van der Waals surface area contributed by atoms with Crippen molar-refractivity contribution in [2.75, 3.05) is 12.3 Å². The van der Waals surface area contributed by atoms with Crippen LogP contribution in [0.5, 0.6) is 0 Å². The first kappa shape index (κ1) is 15.1. The summed E-state index contributed by atoms with van der Waals surface area (Å²) in [7, 11) is 0. The lowest BCUT2D eigenvalue weighted by Gasteiger charge is -2.07. The third kappa shape index (κ3) is 3.88. The largest absolute Gasteiger partial charge is 0.355 e. The summed E-state index contributed by atoms with van der Waals surface area (Å²) in [6.45, 7) is 2.76. The molecule has 1 N–H and O–H groups in total. The van der Waals surface area contributed by atoms with Gasteiger partial charge in [0.25, 0.3) is 0 Å². The molecule has 1 amide bonds. The van der Waals surface area contributed by atoms with Crippen LogP contribution < -0.4 is 5.32 Å². The molecule has 2 aromatic rings. The maximum Gasteiger partial charge on any atom is 0.230 e. The van der Waals surface area contributed by atoms with Crippen LogP contribution in [0, 0.1) is 6.92 Å². The number of carbonyl (C=O) groups excluding carboxylic acids is 1. The standard InChI is InChI=1S/C16H20N4OS/c1-12-4-2-3-5-13(12)8-9-17-15(21)10-22-16-19-18-11-20(16)14-6-7-14/h2-5,11,14H,6-10H2,1H3,(H,17,21). The van der Waals surface area contributed by atoms with E-state index in [1.807, 2.05) is 12.1 Å². The molecule has 0 atom stereocenters. The third-order valence-corrected chi connectivity index (χ3v) is 4.75. The van der Waals surface area contributed by atoms with Gasteiger partial charge in [0, 0.05) is 12.6 Å². The zero-order valence-corrected chi connectivity index (χ0v) is 13.5. The molecule has 3 rings (SSSR count). The summed E-state index contributed by atoms with van der Waals surface area (Å²) >= 11 is 1.46. The van der Waals surface area contributed by atoms with Crippen molar-refractivity contribution < 1.29 is 4.79 Å². The van der Waals surface area contributed by atoms with E-state index in [-0.39, 0.29) is 5.91 Å². The van der Waals surface area contributed by atoms with Gasteiger partial charge in [-0.1, -0.05) is 36.0 Å². The quantitative estimate of drug-likeness (QED) is 0.797. The van der Waals surface area contributed by atoms with Crippen LogP contribution in [0.4, 0.5) is 0 Å². The number of nitrogens with zero attached hydrogens (tertiary/aromatic N) is 3. The SMILES string of the molecule is Cc1ccccc1CCNC(=O)CSc1nncn1C1CC1. The molecule has 1 heterocycles. The molecule has 0 aliphatic heterocycles. The third-order valence-electron chi connectivity index (χ3n) is 3.79. The zero-order valence-electron chi connectivity index (χ0n) is 12.7. The Kier molecular flexibility index (Phi) is 4.77. The lowest BCUT2D eigenvalue weighted by atomic mass is 10.1. The molecule has 0 bridgehead atoms. The highest BCUT2D eigenvalue weighted by atomic mass is 32.2. The van der Waals surface area contributed by atoms with Crippen LogP contribution in [0.3, 0.4) is 0 Å². The van der Waals surface area contributed by atoms with Crippen LogP contribution >= 0.6 is 11.8 Å². The summed E-state index contributed by atoms with van der Waals surface area (Å²) in [6, 6.07) is 8.81. The van der Waals surface area contributed by atoms with Crippen LogP contribution in [0.25, 0.3) is 0 Å². The predicted octanol–water partition coefficient (Wildman–Crippen LogP) is 2.37. The Hall–Kier alpha value is -1.82. The maximum absolute atomic E-state index is 11.9. The molecule has 1 aromatic carbocycles. The molecular weight excluding hydrogens is 296 g/mol. The zero-order chi connectivity index (χ0) is 15.4. The fourth-order valence-electron chi connectivity index (χ4n) is 2.35. The second-order valence-electron chi connectivity index (χ2n) is 5.57. The molecule has 0 saturated heterocycles. The van der Waals surface area contributed by atoms with Crippen molar-refractivity contribution >= 4 is 17.7 Å². The fraction of sp³-hybridized carbons (Fsp3) is 0.438. The lowest BCUT2D eigenvalue weighted by Crippen LogP contribution is -2.27. The molecule has 116 valence electrons. The number of nitrogens with one attached hydrogen (secondary N) is 1. The van der Waals surface area contributed by atoms with Gasteiger partial charge in [-0.3, -0.25) is 4.79 Å². The molecule has 22 heavy (non-hydrogen) atoms. The molecule has 0 spiro atoms. The molecule has 0 unspecified atom stereocenters. The summed E-state index contributed by atoms with van der Waals surface area (Å²) in [4.78, 5) is 11.9. The normalized spacial score (nSPS) is 14.0. The van der Waals surface area contributed by atoms with Gasteiger partial charge in [0.15, 0.2) is 5.16 Å². The summed E-state index contributed by atoms with van der Waals surface area (Å²) < 4.78 is 2.07. The lowest BCUT2D eigenvalue weighted by molar-refractivity contribution is -0.118. The van der Waals surface area contributed by atoms with E-state index in [9.17, 15) is 4.79 Å². The van der Waals surface area contributed by atoms with Gasteiger partial charge in [0.1, 0.15) is 6.33 Å². The van der Waals surface area contributed by atoms with Crippen molar-refractivity contribution in [2.24, 2.45) is 0 Å². The molecule has 1 aromatic heterocycles. The summed E-state index contributed by atoms with van der Waals surface area (Å²) in [5, 5.41) is 11.8. The monoisotopic (exact) mass is 316 g/mol. The number of thioether (sulfide) groups is 1. The predicted molar refractivity (Wildman–Crippen MR) is 86.9 cm³/mol. The number of aromatic nitrogens is 3. The smallest absolute Gasteiger partial charge is 0.230 e. The van der Waals surface area contributed by atoms with Crippen molar-refractivity contribution in [3.8, 4) is 0 Å². The number of rotatable bonds is 7. The van der Waals surface area contributed by atoms with E-state index in [2.05, 4.69) is 39.1 Å². The van der Waals surface area contributed by atoms with Crippen molar-refractivity contribution in [2.45, 2.75) is 37.4 Å². The van der Waals surface area contributed by atoms with Crippen LogP contribution in [-0.4, -0.2) is 33.0 Å².